The smallest absolute Gasteiger partial charge is 0.251 e. The van der Waals surface area contributed by atoms with Gasteiger partial charge in [0.1, 0.15) is 0 Å². The second-order valence-electron chi connectivity index (χ2n) is 7.86. The zero-order valence-electron chi connectivity index (χ0n) is 15.5. The predicted octanol–water partition coefficient (Wildman–Crippen LogP) is 5.02. The van der Waals surface area contributed by atoms with E-state index in [1.165, 1.54) is 27.8 Å². The van der Waals surface area contributed by atoms with Gasteiger partial charge in [0.05, 0.1) is 0 Å². The minimum absolute atomic E-state index is 0.0259. The van der Waals surface area contributed by atoms with Crippen LogP contribution in [0.5, 0.6) is 0 Å². The van der Waals surface area contributed by atoms with Crippen LogP contribution in [0.2, 0.25) is 0 Å². The molecule has 1 N–H and O–H groups in total. The van der Waals surface area contributed by atoms with Crippen LogP contribution in [0.15, 0.2) is 72.8 Å². The molecule has 1 amide bonds. The van der Waals surface area contributed by atoms with Crippen molar-refractivity contribution < 1.29 is 4.79 Å². The van der Waals surface area contributed by atoms with Crippen LogP contribution < -0.4 is 5.32 Å². The maximum atomic E-state index is 12.6. The average molecular weight is 353 g/mol. The quantitative estimate of drug-likeness (QED) is 0.704. The van der Waals surface area contributed by atoms with Crippen LogP contribution in [-0.4, -0.2) is 12.5 Å². The lowest BCUT2D eigenvalue weighted by Crippen LogP contribution is -2.39. The van der Waals surface area contributed by atoms with Gasteiger partial charge in [-0.25, -0.2) is 0 Å². The Morgan fingerprint density at radius 2 is 1.41 bits per heavy atom. The maximum absolute atomic E-state index is 12.6. The Balaban J connectivity index is 1.42. The van der Waals surface area contributed by atoms with Gasteiger partial charge in [-0.3, -0.25) is 4.79 Å². The molecule has 0 aliphatic heterocycles. The molecule has 1 unspecified atom stereocenters. The van der Waals surface area contributed by atoms with Gasteiger partial charge in [0.15, 0.2) is 0 Å². The third-order valence-corrected chi connectivity index (χ3v) is 6.26. The molecule has 3 aliphatic rings. The first-order chi connectivity index (χ1) is 13.2. The highest BCUT2D eigenvalue weighted by molar-refractivity contribution is 5.94. The number of benzene rings is 3. The normalized spacial score (nSPS) is 22.0. The Hall–Kier alpha value is -2.87. The number of nitrogens with one attached hydrogen (secondary N) is 1. The summed E-state index contributed by atoms with van der Waals surface area (Å²) in [6.45, 7) is 2.76. The third-order valence-electron chi connectivity index (χ3n) is 6.26. The number of amides is 1. The van der Waals surface area contributed by atoms with E-state index in [4.69, 9.17) is 0 Å². The fourth-order valence-corrected chi connectivity index (χ4v) is 4.99. The van der Waals surface area contributed by atoms with E-state index in [0.29, 0.717) is 17.8 Å². The monoisotopic (exact) mass is 353 g/mol. The number of hydrogen-bond donors (Lipinski definition) is 1. The van der Waals surface area contributed by atoms with E-state index in [0.717, 1.165) is 18.5 Å². The van der Waals surface area contributed by atoms with Gasteiger partial charge in [0.25, 0.3) is 5.91 Å². The SMILES string of the molecule is Cc1ccc(C(=O)NCC2CC3c4ccccc4C2c2ccccc23)cc1. The van der Waals surface area contributed by atoms with Gasteiger partial charge in [-0.1, -0.05) is 66.2 Å². The Kier molecular flexibility index (Phi) is 3.86. The predicted molar refractivity (Wildman–Crippen MR) is 108 cm³/mol. The van der Waals surface area contributed by atoms with Crippen molar-refractivity contribution in [1.29, 1.82) is 0 Å². The number of aryl methyl sites for hydroxylation is 1. The van der Waals surface area contributed by atoms with Gasteiger partial charge in [-0.15, -0.1) is 0 Å². The first kappa shape index (κ1) is 16.3. The third kappa shape index (κ3) is 2.68. The Bertz CT molecular complexity index is 957. The molecule has 1 atom stereocenters. The highest BCUT2D eigenvalue weighted by Crippen LogP contribution is 2.55. The molecular weight excluding hydrogens is 330 g/mol. The Morgan fingerprint density at radius 1 is 0.852 bits per heavy atom. The van der Waals surface area contributed by atoms with E-state index in [1.807, 2.05) is 31.2 Å². The summed E-state index contributed by atoms with van der Waals surface area (Å²) in [5, 5.41) is 3.20. The molecule has 3 aliphatic carbocycles. The zero-order valence-corrected chi connectivity index (χ0v) is 15.5. The van der Waals surface area contributed by atoms with Crippen molar-refractivity contribution in [3.05, 3.63) is 106 Å². The summed E-state index contributed by atoms with van der Waals surface area (Å²) >= 11 is 0. The van der Waals surface area contributed by atoms with Crippen LogP contribution in [0.25, 0.3) is 0 Å². The fourth-order valence-electron chi connectivity index (χ4n) is 4.99. The van der Waals surface area contributed by atoms with Crippen LogP contribution in [-0.2, 0) is 0 Å². The lowest BCUT2D eigenvalue weighted by atomic mass is 9.59. The van der Waals surface area contributed by atoms with Crippen LogP contribution in [0.1, 0.15) is 56.4 Å². The van der Waals surface area contributed by atoms with Crippen LogP contribution in [0.3, 0.4) is 0 Å². The molecule has 0 radical (unpaired) electrons. The lowest BCUT2D eigenvalue weighted by molar-refractivity contribution is 0.0943. The van der Waals surface area contributed by atoms with E-state index >= 15 is 0 Å². The molecule has 0 saturated carbocycles. The van der Waals surface area contributed by atoms with Crippen molar-refractivity contribution in [1.82, 2.24) is 5.32 Å². The van der Waals surface area contributed by atoms with Gasteiger partial charge in [0.2, 0.25) is 0 Å². The summed E-state index contributed by atoms with van der Waals surface area (Å²) in [5.74, 6) is 1.29. The lowest BCUT2D eigenvalue weighted by Gasteiger charge is -2.45. The van der Waals surface area contributed by atoms with Gasteiger partial charge >= 0.3 is 0 Å². The molecule has 0 saturated heterocycles. The number of fused-ring (bicyclic) bond motifs is 1. The van der Waals surface area contributed by atoms with Crippen molar-refractivity contribution in [3.8, 4) is 0 Å². The largest absolute Gasteiger partial charge is 0.352 e. The molecule has 2 nitrogen and oxygen atoms in total. The van der Waals surface area contributed by atoms with Crippen molar-refractivity contribution in [2.75, 3.05) is 6.54 Å². The maximum Gasteiger partial charge on any atom is 0.251 e. The Morgan fingerprint density at radius 3 is 2.00 bits per heavy atom. The standard InChI is InChI=1S/C25H23NO/c1-16-10-12-17(13-11-16)25(27)26-15-18-14-23-19-6-2-4-8-21(19)24(18)22-9-5-3-7-20(22)23/h2-13,18,23-24H,14-15H2,1H3,(H,26,27). The fraction of sp³-hybridized carbons (Fsp3) is 0.240. The molecule has 2 heteroatoms. The van der Waals surface area contributed by atoms with Gasteiger partial charge < -0.3 is 5.32 Å². The van der Waals surface area contributed by atoms with Gasteiger partial charge in [0, 0.05) is 23.9 Å². The highest BCUT2D eigenvalue weighted by atomic mass is 16.1. The van der Waals surface area contributed by atoms with Crippen molar-refractivity contribution in [3.63, 3.8) is 0 Å². The molecule has 6 rings (SSSR count). The summed E-state index contributed by atoms with van der Waals surface area (Å²) in [6.07, 6.45) is 1.10. The van der Waals surface area contributed by atoms with Gasteiger partial charge in [-0.05, 0) is 53.6 Å². The molecule has 3 aromatic carbocycles. The summed E-state index contributed by atoms with van der Waals surface area (Å²) < 4.78 is 0. The van der Waals surface area contributed by atoms with Crippen LogP contribution in [0.4, 0.5) is 0 Å². The molecule has 0 heterocycles. The highest BCUT2D eigenvalue weighted by Gasteiger charge is 2.42. The second-order valence-corrected chi connectivity index (χ2v) is 7.86. The zero-order chi connectivity index (χ0) is 18.4. The van der Waals surface area contributed by atoms with E-state index in [1.54, 1.807) is 0 Å². The first-order valence-electron chi connectivity index (χ1n) is 9.75. The minimum atomic E-state index is 0.0259. The average Bonchev–Trinajstić information content (AvgIpc) is 2.72. The molecule has 2 bridgehead atoms. The van der Waals surface area contributed by atoms with E-state index < -0.39 is 0 Å². The minimum Gasteiger partial charge on any atom is -0.352 e. The van der Waals surface area contributed by atoms with Crippen molar-refractivity contribution in [2.45, 2.75) is 25.2 Å². The summed E-state index contributed by atoms with van der Waals surface area (Å²) in [6, 6.07) is 25.5. The molecule has 0 fully saturated rings. The van der Waals surface area contributed by atoms with E-state index in [9.17, 15) is 4.79 Å². The van der Waals surface area contributed by atoms with Crippen molar-refractivity contribution >= 4 is 5.91 Å². The summed E-state index contributed by atoms with van der Waals surface area (Å²) in [5.41, 5.74) is 7.75. The number of rotatable bonds is 3. The van der Waals surface area contributed by atoms with Gasteiger partial charge in [-0.2, -0.15) is 0 Å². The molecule has 0 spiro atoms. The number of carbonyl (C=O) groups is 1. The van der Waals surface area contributed by atoms with Crippen LogP contribution in [0, 0.1) is 12.8 Å². The summed E-state index contributed by atoms with van der Waals surface area (Å²) in [7, 11) is 0. The van der Waals surface area contributed by atoms with Crippen molar-refractivity contribution in [2.24, 2.45) is 5.92 Å². The van der Waals surface area contributed by atoms with E-state index in [2.05, 4.69) is 53.8 Å². The molecule has 3 aromatic rings. The van der Waals surface area contributed by atoms with Crippen LogP contribution >= 0.6 is 0 Å². The number of hydrogen-bond acceptors (Lipinski definition) is 1. The summed E-state index contributed by atoms with van der Waals surface area (Å²) in [4.78, 5) is 12.6. The second kappa shape index (κ2) is 6.38. The van der Waals surface area contributed by atoms with E-state index in [-0.39, 0.29) is 5.91 Å². The molecule has 0 aromatic heterocycles. The molecule has 27 heavy (non-hydrogen) atoms. The molecular formula is C25H23NO. The topological polar surface area (TPSA) is 29.1 Å². The number of carbonyl (C=O) groups excluding carboxylic acids is 1. The first-order valence-corrected chi connectivity index (χ1v) is 9.75. The Labute approximate surface area is 160 Å². The molecule has 134 valence electrons.